The fraction of sp³-hybridized carbons (Fsp3) is 0.400. The van der Waals surface area contributed by atoms with E-state index in [1.165, 1.54) is 0 Å². The number of imidazole rings is 1. The van der Waals surface area contributed by atoms with Crippen molar-refractivity contribution >= 4 is 0 Å². The SMILES string of the molecule is CCNC(c1ccc2c(c1)OCCCO2)c1ncc[nH]1. The third-order valence-electron chi connectivity index (χ3n) is 3.31. The lowest BCUT2D eigenvalue weighted by molar-refractivity contribution is 0.297. The molecule has 1 aromatic heterocycles. The number of ether oxygens (including phenoxy) is 2. The van der Waals surface area contributed by atoms with Crippen LogP contribution in [0, 0.1) is 0 Å². The molecule has 0 aliphatic carbocycles. The Bertz CT molecular complexity index is 554. The molecule has 1 aliphatic heterocycles. The van der Waals surface area contributed by atoms with Crippen LogP contribution >= 0.6 is 0 Å². The van der Waals surface area contributed by atoms with Crippen LogP contribution < -0.4 is 14.8 Å². The molecule has 1 unspecified atom stereocenters. The number of nitrogens with zero attached hydrogens (tertiary/aromatic N) is 1. The standard InChI is InChI=1S/C15H19N3O2/c1-2-16-14(15-17-6-7-18-15)11-4-5-12-13(10-11)20-9-3-8-19-12/h4-7,10,14,16H,2-3,8-9H2,1H3,(H,17,18). The van der Waals surface area contributed by atoms with Crippen LogP contribution in [0.1, 0.15) is 30.8 Å². The van der Waals surface area contributed by atoms with Crippen LogP contribution in [0.2, 0.25) is 0 Å². The largest absolute Gasteiger partial charge is 0.490 e. The normalized spacial score (nSPS) is 15.7. The average molecular weight is 273 g/mol. The molecule has 2 heterocycles. The topological polar surface area (TPSA) is 59.2 Å². The van der Waals surface area contributed by atoms with E-state index in [9.17, 15) is 0 Å². The predicted octanol–water partition coefficient (Wildman–Crippen LogP) is 2.27. The Balaban J connectivity index is 1.93. The number of fused-ring (bicyclic) bond motifs is 1. The van der Waals surface area contributed by atoms with Crippen molar-refractivity contribution in [2.45, 2.75) is 19.4 Å². The van der Waals surface area contributed by atoms with Gasteiger partial charge in [0.2, 0.25) is 0 Å². The molecular weight excluding hydrogens is 254 g/mol. The molecule has 0 radical (unpaired) electrons. The maximum absolute atomic E-state index is 5.75. The van der Waals surface area contributed by atoms with Gasteiger partial charge in [0, 0.05) is 18.8 Å². The van der Waals surface area contributed by atoms with Gasteiger partial charge in [-0.3, -0.25) is 0 Å². The summed E-state index contributed by atoms with van der Waals surface area (Å²) in [5, 5.41) is 3.43. The Morgan fingerprint density at radius 2 is 2.15 bits per heavy atom. The summed E-state index contributed by atoms with van der Waals surface area (Å²) in [4.78, 5) is 7.52. The molecule has 0 spiro atoms. The highest BCUT2D eigenvalue weighted by molar-refractivity contribution is 5.45. The van der Waals surface area contributed by atoms with Gasteiger partial charge in [-0.25, -0.2) is 4.98 Å². The van der Waals surface area contributed by atoms with E-state index >= 15 is 0 Å². The summed E-state index contributed by atoms with van der Waals surface area (Å²) in [7, 11) is 0. The number of nitrogens with one attached hydrogen (secondary N) is 2. The number of aromatic nitrogens is 2. The van der Waals surface area contributed by atoms with Gasteiger partial charge in [0.15, 0.2) is 11.5 Å². The highest BCUT2D eigenvalue weighted by atomic mass is 16.5. The van der Waals surface area contributed by atoms with Crippen LogP contribution in [-0.4, -0.2) is 29.7 Å². The van der Waals surface area contributed by atoms with Gasteiger partial charge in [0.1, 0.15) is 5.82 Å². The van der Waals surface area contributed by atoms with Crippen LogP contribution in [0.4, 0.5) is 0 Å². The van der Waals surface area contributed by atoms with E-state index in [-0.39, 0.29) is 6.04 Å². The molecule has 1 atom stereocenters. The molecule has 3 rings (SSSR count). The summed E-state index contributed by atoms with van der Waals surface area (Å²) in [5.74, 6) is 2.54. The van der Waals surface area contributed by atoms with Crippen molar-refractivity contribution in [1.29, 1.82) is 0 Å². The zero-order valence-corrected chi connectivity index (χ0v) is 11.6. The van der Waals surface area contributed by atoms with Gasteiger partial charge in [-0.15, -0.1) is 0 Å². The van der Waals surface area contributed by atoms with Crippen LogP contribution in [0.5, 0.6) is 11.5 Å². The molecule has 106 valence electrons. The van der Waals surface area contributed by atoms with Gasteiger partial charge in [0.05, 0.1) is 19.3 Å². The minimum Gasteiger partial charge on any atom is -0.490 e. The highest BCUT2D eigenvalue weighted by Gasteiger charge is 2.18. The van der Waals surface area contributed by atoms with E-state index in [4.69, 9.17) is 9.47 Å². The monoisotopic (exact) mass is 273 g/mol. The summed E-state index contributed by atoms with van der Waals surface area (Å²) in [6.07, 6.45) is 4.52. The van der Waals surface area contributed by atoms with E-state index in [0.717, 1.165) is 35.9 Å². The van der Waals surface area contributed by atoms with Crippen molar-refractivity contribution < 1.29 is 9.47 Å². The molecule has 20 heavy (non-hydrogen) atoms. The van der Waals surface area contributed by atoms with Gasteiger partial charge >= 0.3 is 0 Å². The lowest BCUT2D eigenvalue weighted by atomic mass is 10.1. The van der Waals surface area contributed by atoms with Crippen LogP contribution in [-0.2, 0) is 0 Å². The highest BCUT2D eigenvalue weighted by Crippen LogP contribution is 2.33. The Hall–Kier alpha value is -2.01. The Labute approximate surface area is 118 Å². The van der Waals surface area contributed by atoms with Gasteiger partial charge < -0.3 is 19.8 Å². The molecule has 0 saturated heterocycles. The number of rotatable bonds is 4. The quantitative estimate of drug-likeness (QED) is 0.897. The zero-order valence-electron chi connectivity index (χ0n) is 11.6. The van der Waals surface area contributed by atoms with Gasteiger partial charge in [-0.1, -0.05) is 13.0 Å². The molecular formula is C15H19N3O2. The lowest BCUT2D eigenvalue weighted by Gasteiger charge is -2.18. The lowest BCUT2D eigenvalue weighted by Crippen LogP contribution is -2.23. The number of aromatic amines is 1. The van der Waals surface area contributed by atoms with Crippen LogP contribution in [0.3, 0.4) is 0 Å². The second kappa shape index (κ2) is 5.96. The van der Waals surface area contributed by atoms with E-state index in [1.54, 1.807) is 6.20 Å². The second-order valence-corrected chi connectivity index (χ2v) is 4.72. The van der Waals surface area contributed by atoms with Crippen molar-refractivity contribution in [2.75, 3.05) is 19.8 Å². The Kier molecular flexibility index (Phi) is 3.87. The first-order chi connectivity index (χ1) is 9.88. The molecule has 1 aliphatic rings. The number of H-pyrrole nitrogens is 1. The van der Waals surface area contributed by atoms with Gasteiger partial charge in [-0.05, 0) is 24.2 Å². The molecule has 1 aromatic carbocycles. The third kappa shape index (κ3) is 2.63. The van der Waals surface area contributed by atoms with Crippen molar-refractivity contribution in [3.8, 4) is 11.5 Å². The summed E-state index contributed by atoms with van der Waals surface area (Å²) < 4.78 is 11.4. The first-order valence-corrected chi connectivity index (χ1v) is 7.00. The summed E-state index contributed by atoms with van der Waals surface area (Å²) in [5.41, 5.74) is 1.12. The van der Waals surface area contributed by atoms with Crippen molar-refractivity contribution in [1.82, 2.24) is 15.3 Å². The maximum atomic E-state index is 5.75. The van der Waals surface area contributed by atoms with E-state index < -0.39 is 0 Å². The first kappa shape index (κ1) is 13.0. The summed E-state index contributed by atoms with van der Waals surface area (Å²) in [6.45, 7) is 4.35. The van der Waals surface area contributed by atoms with E-state index in [0.29, 0.717) is 13.2 Å². The average Bonchev–Trinajstić information content (AvgIpc) is 2.89. The molecule has 2 N–H and O–H groups in total. The Morgan fingerprint density at radius 3 is 2.90 bits per heavy atom. The number of benzene rings is 1. The second-order valence-electron chi connectivity index (χ2n) is 4.72. The van der Waals surface area contributed by atoms with Crippen LogP contribution in [0.25, 0.3) is 0 Å². The van der Waals surface area contributed by atoms with Gasteiger partial charge in [0.25, 0.3) is 0 Å². The Morgan fingerprint density at radius 1 is 1.30 bits per heavy atom. The van der Waals surface area contributed by atoms with Crippen molar-refractivity contribution in [3.63, 3.8) is 0 Å². The molecule has 5 heteroatoms. The van der Waals surface area contributed by atoms with Crippen LogP contribution in [0.15, 0.2) is 30.6 Å². The number of hydrogen-bond acceptors (Lipinski definition) is 4. The third-order valence-corrected chi connectivity index (χ3v) is 3.31. The molecule has 0 amide bonds. The fourth-order valence-corrected chi connectivity index (χ4v) is 2.37. The molecule has 0 saturated carbocycles. The van der Waals surface area contributed by atoms with Crippen molar-refractivity contribution in [3.05, 3.63) is 42.0 Å². The first-order valence-electron chi connectivity index (χ1n) is 7.00. The van der Waals surface area contributed by atoms with Crippen molar-refractivity contribution in [2.24, 2.45) is 0 Å². The minimum atomic E-state index is 0.0344. The minimum absolute atomic E-state index is 0.0344. The predicted molar refractivity (Wildman–Crippen MR) is 76.2 cm³/mol. The molecule has 0 bridgehead atoms. The van der Waals surface area contributed by atoms with E-state index in [1.807, 2.05) is 18.3 Å². The summed E-state index contributed by atoms with van der Waals surface area (Å²) in [6, 6.07) is 6.11. The zero-order chi connectivity index (χ0) is 13.8. The molecule has 0 fully saturated rings. The molecule has 2 aromatic rings. The fourth-order valence-electron chi connectivity index (χ4n) is 2.37. The number of hydrogen-bond donors (Lipinski definition) is 2. The summed E-state index contributed by atoms with van der Waals surface area (Å²) >= 11 is 0. The maximum Gasteiger partial charge on any atom is 0.161 e. The van der Waals surface area contributed by atoms with Gasteiger partial charge in [-0.2, -0.15) is 0 Å². The molecule has 5 nitrogen and oxygen atoms in total. The van der Waals surface area contributed by atoms with E-state index in [2.05, 4.69) is 28.3 Å². The smallest absolute Gasteiger partial charge is 0.161 e.